The molecule has 138 valence electrons. The van der Waals surface area contributed by atoms with Crippen LogP contribution in [0.5, 0.6) is 0 Å². The second-order valence-corrected chi connectivity index (χ2v) is 5.84. The van der Waals surface area contributed by atoms with E-state index in [2.05, 4.69) is 4.99 Å². The van der Waals surface area contributed by atoms with E-state index in [0.717, 1.165) is 12.1 Å². The highest BCUT2D eigenvalue weighted by molar-refractivity contribution is 5.81. The van der Waals surface area contributed by atoms with Crippen molar-refractivity contribution in [3.63, 3.8) is 0 Å². The summed E-state index contributed by atoms with van der Waals surface area (Å²) in [4.78, 5) is 14.6. The molecule has 3 rings (SSSR count). The van der Waals surface area contributed by atoms with Crippen molar-refractivity contribution in [2.45, 2.75) is 13.1 Å². The number of hydrogen-bond donors (Lipinski definition) is 0. The first-order valence-electron chi connectivity index (χ1n) is 7.90. The van der Waals surface area contributed by atoms with Crippen LogP contribution in [0.3, 0.4) is 0 Å². The Morgan fingerprint density at radius 3 is 2.56 bits per heavy atom. The summed E-state index contributed by atoms with van der Waals surface area (Å²) in [6.45, 7) is 1.70. The topological polar surface area (TPSA) is 60.4 Å². The van der Waals surface area contributed by atoms with Gasteiger partial charge in [-0.25, -0.2) is 0 Å². The van der Waals surface area contributed by atoms with E-state index in [1.54, 1.807) is 35.9 Å². The third kappa shape index (κ3) is 4.05. The van der Waals surface area contributed by atoms with Gasteiger partial charge in [-0.1, -0.05) is 6.07 Å². The van der Waals surface area contributed by atoms with Crippen molar-refractivity contribution in [1.82, 2.24) is 4.57 Å². The normalized spacial score (nSPS) is 11.9. The van der Waals surface area contributed by atoms with Crippen LogP contribution in [-0.4, -0.2) is 15.7 Å². The molecule has 0 atom stereocenters. The van der Waals surface area contributed by atoms with E-state index in [1.165, 1.54) is 30.5 Å². The SMILES string of the molecule is Cc1cc([N+](=O)[O-])ccc1N=Cc1cccn1-c1cccc(C(F)(F)F)c1. The van der Waals surface area contributed by atoms with Crippen LogP contribution in [0, 0.1) is 17.0 Å². The summed E-state index contributed by atoms with van der Waals surface area (Å²) < 4.78 is 40.4. The van der Waals surface area contributed by atoms with Crippen molar-refractivity contribution in [3.8, 4) is 5.69 Å². The molecule has 0 radical (unpaired) electrons. The number of halogens is 3. The summed E-state index contributed by atoms with van der Waals surface area (Å²) in [7, 11) is 0. The fourth-order valence-corrected chi connectivity index (χ4v) is 2.60. The monoisotopic (exact) mass is 373 g/mol. The van der Waals surface area contributed by atoms with E-state index in [-0.39, 0.29) is 5.69 Å². The number of aryl methyl sites for hydroxylation is 1. The average molecular weight is 373 g/mol. The van der Waals surface area contributed by atoms with Crippen LogP contribution >= 0.6 is 0 Å². The van der Waals surface area contributed by atoms with Gasteiger partial charge in [-0.15, -0.1) is 0 Å². The van der Waals surface area contributed by atoms with Crippen LogP contribution in [-0.2, 0) is 6.18 Å². The molecule has 8 heteroatoms. The molecular weight excluding hydrogens is 359 g/mol. The molecule has 0 bridgehead atoms. The van der Waals surface area contributed by atoms with Crippen molar-refractivity contribution in [3.05, 3.63) is 87.7 Å². The van der Waals surface area contributed by atoms with Gasteiger partial charge < -0.3 is 4.57 Å². The molecule has 0 aliphatic heterocycles. The van der Waals surface area contributed by atoms with Crippen LogP contribution in [0.2, 0.25) is 0 Å². The van der Waals surface area contributed by atoms with Gasteiger partial charge in [0, 0.05) is 24.0 Å². The van der Waals surface area contributed by atoms with Crippen LogP contribution in [0.15, 0.2) is 65.8 Å². The molecule has 0 N–H and O–H groups in total. The largest absolute Gasteiger partial charge is 0.416 e. The van der Waals surface area contributed by atoms with Crippen molar-refractivity contribution in [2.75, 3.05) is 0 Å². The van der Waals surface area contributed by atoms with Gasteiger partial charge in [0.2, 0.25) is 0 Å². The molecule has 1 aromatic heterocycles. The zero-order chi connectivity index (χ0) is 19.6. The van der Waals surface area contributed by atoms with Gasteiger partial charge in [0.05, 0.1) is 28.1 Å². The number of nitro benzene ring substituents is 1. The highest BCUT2D eigenvalue weighted by Crippen LogP contribution is 2.30. The molecule has 1 heterocycles. The lowest BCUT2D eigenvalue weighted by Crippen LogP contribution is -2.06. The Balaban J connectivity index is 1.92. The molecule has 0 aliphatic rings. The molecule has 2 aromatic carbocycles. The third-order valence-electron chi connectivity index (χ3n) is 3.96. The number of aliphatic imine (C=N–C) groups is 1. The van der Waals surface area contributed by atoms with Crippen LogP contribution in [0.4, 0.5) is 24.5 Å². The lowest BCUT2D eigenvalue weighted by Gasteiger charge is -2.11. The lowest BCUT2D eigenvalue weighted by molar-refractivity contribution is -0.384. The van der Waals surface area contributed by atoms with Gasteiger partial charge in [0.25, 0.3) is 5.69 Å². The summed E-state index contributed by atoms with van der Waals surface area (Å²) in [6, 6.07) is 12.7. The Bertz CT molecular complexity index is 1020. The van der Waals surface area contributed by atoms with E-state index in [4.69, 9.17) is 0 Å². The Morgan fingerprint density at radius 1 is 1.11 bits per heavy atom. The quantitative estimate of drug-likeness (QED) is 0.346. The van der Waals surface area contributed by atoms with E-state index in [1.807, 2.05) is 0 Å². The first kappa shape index (κ1) is 18.4. The minimum absolute atomic E-state index is 0.0289. The molecule has 0 saturated carbocycles. The van der Waals surface area contributed by atoms with E-state index >= 15 is 0 Å². The molecule has 5 nitrogen and oxygen atoms in total. The summed E-state index contributed by atoms with van der Waals surface area (Å²) >= 11 is 0. The van der Waals surface area contributed by atoms with Gasteiger partial charge in [-0.2, -0.15) is 13.2 Å². The highest BCUT2D eigenvalue weighted by atomic mass is 19.4. The maximum Gasteiger partial charge on any atom is 0.416 e. The Hall–Kier alpha value is -3.42. The molecule has 0 saturated heterocycles. The van der Waals surface area contributed by atoms with Gasteiger partial charge in [0.15, 0.2) is 0 Å². The standard InChI is InChI=1S/C19H14F3N3O2/c1-13-10-16(25(26)27)7-8-18(13)23-12-17-6-3-9-24(17)15-5-2-4-14(11-15)19(20,21)22/h2-12H,1H3. The minimum atomic E-state index is -4.42. The number of aromatic nitrogens is 1. The van der Waals surface area contributed by atoms with Crippen LogP contribution < -0.4 is 0 Å². The maximum atomic E-state index is 12.9. The molecule has 0 aliphatic carbocycles. The predicted octanol–water partition coefficient (Wildman–Crippen LogP) is 5.46. The molecule has 3 aromatic rings. The summed E-state index contributed by atoms with van der Waals surface area (Å²) in [5.74, 6) is 0. The number of non-ortho nitro benzene ring substituents is 1. The Morgan fingerprint density at radius 2 is 1.89 bits per heavy atom. The van der Waals surface area contributed by atoms with Crippen molar-refractivity contribution >= 4 is 17.6 Å². The summed E-state index contributed by atoms with van der Waals surface area (Å²) in [5.41, 5.74) is 1.33. The average Bonchev–Trinajstić information content (AvgIpc) is 3.08. The highest BCUT2D eigenvalue weighted by Gasteiger charge is 2.30. The molecule has 0 unspecified atom stereocenters. The number of benzene rings is 2. The second-order valence-electron chi connectivity index (χ2n) is 5.84. The smallest absolute Gasteiger partial charge is 0.316 e. The van der Waals surface area contributed by atoms with Gasteiger partial charge in [0.1, 0.15) is 0 Å². The zero-order valence-electron chi connectivity index (χ0n) is 14.1. The number of nitrogens with zero attached hydrogens (tertiary/aromatic N) is 3. The van der Waals surface area contributed by atoms with Gasteiger partial charge in [-0.05, 0) is 48.9 Å². The second kappa shape index (κ2) is 7.06. The maximum absolute atomic E-state index is 12.9. The Kier molecular flexibility index (Phi) is 4.81. The van der Waals surface area contributed by atoms with E-state index in [9.17, 15) is 23.3 Å². The molecule has 0 amide bonds. The lowest BCUT2D eigenvalue weighted by atomic mass is 10.2. The van der Waals surface area contributed by atoms with E-state index < -0.39 is 16.7 Å². The molecule has 27 heavy (non-hydrogen) atoms. The Labute approximate surface area is 152 Å². The molecule has 0 spiro atoms. The van der Waals surface area contributed by atoms with Crippen molar-refractivity contribution < 1.29 is 18.1 Å². The number of alkyl halides is 3. The predicted molar refractivity (Wildman–Crippen MR) is 95.9 cm³/mol. The van der Waals surface area contributed by atoms with Gasteiger partial charge in [-0.3, -0.25) is 15.1 Å². The van der Waals surface area contributed by atoms with E-state index in [0.29, 0.717) is 22.6 Å². The fourth-order valence-electron chi connectivity index (χ4n) is 2.60. The van der Waals surface area contributed by atoms with Crippen LogP contribution in [0.1, 0.15) is 16.8 Å². The van der Waals surface area contributed by atoms with Crippen LogP contribution in [0.25, 0.3) is 5.69 Å². The summed E-state index contributed by atoms with van der Waals surface area (Å²) in [6.07, 6.45) is -1.28. The first-order chi connectivity index (χ1) is 12.8. The zero-order valence-corrected chi connectivity index (χ0v) is 14.1. The fraction of sp³-hybridized carbons (Fsp3) is 0.105. The van der Waals surface area contributed by atoms with Crippen molar-refractivity contribution in [2.24, 2.45) is 4.99 Å². The third-order valence-corrected chi connectivity index (χ3v) is 3.96. The molecular formula is C19H14F3N3O2. The van der Waals surface area contributed by atoms with Gasteiger partial charge >= 0.3 is 6.18 Å². The number of rotatable bonds is 4. The molecule has 0 fully saturated rings. The number of nitro groups is 1. The summed E-state index contributed by atoms with van der Waals surface area (Å²) in [5, 5.41) is 10.8. The number of hydrogen-bond acceptors (Lipinski definition) is 3. The van der Waals surface area contributed by atoms with Crippen molar-refractivity contribution in [1.29, 1.82) is 0 Å². The minimum Gasteiger partial charge on any atom is -0.316 e. The first-order valence-corrected chi connectivity index (χ1v) is 7.90.